The molecule has 0 amide bonds. The van der Waals surface area contributed by atoms with Crippen LogP contribution in [0.4, 0.5) is 0 Å². The lowest BCUT2D eigenvalue weighted by Gasteiger charge is -2.32. The minimum absolute atomic E-state index is 0.397. The van der Waals surface area contributed by atoms with Gasteiger partial charge >= 0.3 is 7.12 Å². The van der Waals surface area contributed by atoms with Crippen LogP contribution in [0.2, 0.25) is 0 Å². The number of rotatable bonds is 4. The number of aromatic nitrogens is 2. The molecule has 0 N–H and O–H groups in total. The zero-order valence-electron chi connectivity index (χ0n) is 21.6. The highest BCUT2D eigenvalue weighted by Crippen LogP contribution is 2.37. The van der Waals surface area contributed by atoms with Gasteiger partial charge in [-0.3, -0.25) is 0 Å². The van der Waals surface area contributed by atoms with Crippen LogP contribution in [-0.4, -0.2) is 28.3 Å². The highest BCUT2D eigenvalue weighted by Gasteiger charge is 2.51. The zero-order chi connectivity index (χ0) is 25.6. The summed E-state index contributed by atoms with van der Waals surface area (Å²) in [6.45, 7) is 8.27. The van der Waals surface area contributed by atoms with E-state index < -0.39 is 18.3 Å². The Morgan fingerprint density at radius 2 is 1.16 bits per heavy atom. The van der Waals surface area contributed by atoms with Crippen molar-refractivity contribution in [1.29, 1.82) is 0 Å². The molecule has 0 bridgehead atoms. The first-order valence-corrected chi connectivity index (χ1v) is 12.7. The predicted molar refractivity (Wildman–Crippen MR) is 152 cm³/mol. The van der Waals surface area contributed by atoms with Gasteiger partial charge in [-0.1, -0.05) is 97.1 Å². The summed E-state index contributed by atoms with van der Waals surface area (Å²) in [6, 6.07) is 35.3. The second kappa shape index (κ2) is 8.95. The van der Waals surface area contributed by atoms with Crippen molar-refractivity contribution in [2.75, 3.05) is 0 Å². The van der Waals surface area contributed by atoms with E-state index in [1.165, 1.54) is 11.1 Å². The smallest absolute Gasteiger partial charge is 0.399 e. The maximum Gasteiger partial charge on any atom is 0.494 e. The van der Waals surface area contributed by atoms with Crippen LogP contribution in [0.5, 0.6) is 0 Å². The summed E-state index contributed by atoms with van der Waals surface area (Å²) in [7, 11) is -0.435. The lowest BCUT2D eigenvalue weighted by Crippen LogP contribution is -2.41. The monoisotopic (exact) mass is 484 g/mol. The Bertz CT molecular complexity index is 1560. The number of nitrogens with zero attached hydrogens (tertiary/aromatic N) is 2. The third-order valence-corrected chi connectivity index (χ3v) is 7.54. The van der Waals surface area contributed by atoms with Crippen molar-refractivity contribution in [2.24, 2.45) is 0 Å². The van der Waals surface area contributed by atoms with E-state index in [1.54, 1.807) is 0 Å². The maximum atomic E-state index is 6.29. The molecule has 0 unspecified atom stereocenters. The number of benzene rings is 4. The van der Waals surface area contributed by atoms with Crippen LogP contribution < -0.4 is 5.46 Å². The molecular formula is C32H29BN2O2. The molecule has 0 atom stereocenters. The van der Waals surface area contributed by atoms with Crippen molar-refractivity contribution in [3.8, 4) is 33.8 Å². The third kappa shape index (κ3) is 4.35. The van der Waals surface area contributed by atoms with Crippen LogP contribution in [0.3, 0.4) is 0 Å². The van der Waals surface area contributed by atoms with E-state index in [1.807, 2.05) is 42.5 Å². The Balaban J connectivity index is 1.41. The second-order valence-electron chi connectivity index (χ2n) is 10.6. The molecule has 6 rings (SSSR count). The molecule has 2 heterocycles. The molecule has 1 fully saturated rings. The lowest BCUT2D eigenvalue weighted by molar-refractivity contribution is 0.00578. The van der Waals surface area contributed by atoms with Crippen molar-refractivity contribution < 1.29 is 9.31 Å². The highest BCUT2D eigenvalue weighted by atomic mass is 16.7. The van der Waals surface area contributed by atoms with Gasteiger partial charge in [0.05, 0.1) is 22.4 Å². The minimum Gasteiger partial charge on any atom is -0.399 e. The van der Waals surface area contributed by atoms with Gasteiger partial charge in [-0.25, -0.2) is 9.97 Å². The molecule has 1 aliphatic heterocycles. The summed E-state index contributed by atoms with van der Waals surface area (Å²) in [4.78, 5) is 10.0. The van der Waals surface area contributed by atoms with Crippen molar-refractivity contribution in [3.05, 3.63) is 103 Å². The Labute approximate surface area is 218 Å². The fourth-order valence-electron chi connectivity index (χ4n) is 4.68. The van der Waals surface area contributed by atoms with Gasteiger partial charge in [-0.05, 0) is 50.4 Å². The normalized spacial score (nSPS) is 16.3. The lowest BCUT2D eigenvalue weighted by atomic mass is 9.78. The zero-order valence-corrected chi connectivity index (χ0v) is 21.6. The average Bonchev–Trinajstić information content (AvgIpc) is 3.15. The van der Waals surface area contributed by atoms with E-state index in [9.17, 15) is 0 Å². The highest BCUT2D eigenvalue weighted by molar-refractivity contribution is 6.62. The van der Waals surface area contributed by atoms with Crippen molar-refractivity contribution in [3.63, 3.8) is 0 Å². The van der Waals surface area contributed by atoms with Crippen LogP contribution in [0.25, 0.3) is 44.7 Å². The van der Waals surface area contributed by atoms with Crippen molar-refractivity contribution >= 4 is 23.5 Å². The van der Waals surface area contributed by atoms with E-state index in [0.29, 0.717) is 5.82 Å². The molecule has 5 aromatic rings. The van der Waals surface area contributed by atoms with Gasteiger partial charge in [-0.15, -0.1) is 0 Å². The maximum absolute atomic E-state index is 6.29. The van der Waals surface area contributed by atoms with E-state index in [4.69, 9.17) is 19.3 Å². The molecule has 1 saturated heterocycles. The van der Waals surface area contributed by atoms with Gasteiger partial charge < -0.3 is 9.31 Å². The molecule has 0 aliphatic carbocycles. The fourth-order valence-corrected chi connectivity index (χ4v) is 4.68. The molecule has 0 radical (unpaired) electrons. The summed E-state index contributed by atoms with van der Waals surface area (Å²) in [5.41, 5.74) is 6.36. The topological polar surface area (TPSA) is 44.2 Å². The molecule has 0 saturated carbocycles. The first-order valence-electron chi connectivity index (χ1n) is 12.7. The van der Waals surface area contributed by atoms with Gasteiger partial charge in [0.2, 0.25) is 0 Å². The van der Waals surface area contributed by atoms with Crippen molar-refractivity contribution in [1.82, 2.24) is 9.97 Å². The molecule has 182 valence electrons. The van der Waals surface area contributed by atoms with Crippen LogP contribution in [0.1, 0.15) is 27.7 Å². The van der Waals surface area contributed by atoms with Crippen molar-refractivity contribution in [2.45, 2.75) is 38.9 Å². The van der Waals surface area contributed by atoms with Crippen LogP contribution in [-0.2, 0) is 9.31 Å². The summed E-state index contributed by atoms with van der Waals surface area (Å²) < 4.78 is 12.6. The summed E-state index contributed by atoms with van der Waals surface area (Å²) in [5.74, 6) is 0.680. The van der Waals surface area contributed by atoms with Crippen LogP contribution >= 0.6 is 0 Å². The fraction of sp³-hybridized carbons (Fsp3) is 0.188. The number of hydrogen-bond donors (Lipinski definition) is 0. The summed E-state index contributed by atoms with van der Waals surface area (Å²) >= 11 is 0. The second-order valence-corrected chi connectivity index (χ2v) is 10.6. The SMILES string of the molecule is CC1(C)OB(c2cccc(-c3nc(-c4ccc(-c5ccccc5)cc4)c4ccccc4n3)c2)OC1(C)C. The van der Waals surface area contributed by atoms with Gasteiger partial charge in [0.1, 0.15) is 0 Å². The quantitative estimate of drug-likeness (QED) is 0.260. The van der Waals surface area contributed by atoms with E-state index in [0.717, 1.165) is 33.2 Å². The number of hydrogen-bond acceptors (Lipinski definition) is 4. The molecule has 4 nitrogen and oxygen atoms in total. The first-order chi connectivity index (χ1) is 17.8. The average molecular weight is 484 g/mol. The molecule has 1 aromatic heterocycles. The Morgan fingerprint density at radius 3 is 1.89 bits per heavy atom. The van der Waals surface area contributed by atoms with Gasteiger partial charge in [0.25, 0.3) is 0 Å². The van der Waals surface area contributed by atoms with Gasteiger partial charge in [-0.2, -0.15) is 0 Å². The van der Waals surface area contributed by atoms with Crippen LogP contribution in [0.15, 0.2) is 103 Å². The number of para-hydroxylation sites is 1. The summed E-state index contributed by atoms with van der Waals surface area (Å²) in [5, 5.41) is 1.03. The number of fused-ring (bicyclic) bond motifs is 1. The Hall–Kier alpha value is -3.80. The first kappa shape index (κ1) is 23.6. The minimum atomic E-state index is -0.435. The van der Waals surface area contributed by atoms with Gasteiger partial charge in [0.15, 0.2) is 5.82 Å². The van der Waals surface area contributed by atoms with Crippen LogP contribution in [0, 0.1) is 0 Å². The van der Waals surface area contributed by atoms with E-state index in [2.05, 4.69) is 88.4 Å². The Morgan fingerprint density at radius 1 is 0.568 bits per heavy atom. The third-order valence-electron chi connectivity index (χ3n) is 7.54. The summed E-state index contributed by atoms with van der Waals surface area (Å²) in [6.07, 6.45) is 0. The predicted octanol–water partition coefficient (Wildman–Crippen LogP) is 6.93. The molecular weight excluding hydrogens is 455 g/mol. The van der Waals surface area contributed by atoms with E-state index >= 15 is 0 Å². The largest absolute Gasteiger partial charge is 0.494 e. The standard InChI is InChI=1S/C32H29BN2O2/c1-31(2)32(3,4)37-33(36-31)26-14-10-13-25(21-26)30-34-28-16-9-8-15-27(28)29(35-30)24-19-17-23(18-20-24)22-11-6-5-7-12-22/h5-21H,1-4H3. The molecule has 1 aliphatic rings. The molecule has 0 spiro atoms. The Kier molecular flexibility index (Phi) is 5.71. The molecule has 4 aromatic carbocycles. The van der Waals surface area contributed by atoms with E-state index in [-0.39, 0.29) is 0 Å². The van der Waals surface area contributed by atoms with Gasteiger partial charge in [0, 0.05) is 16.5 Å². The molecule has 37 heavy (non-hydrogen) atoms. The molecule has 5 heteroatoms.